The summed E-state index contributed by atoms with van der Waals surface area (Å²) in [5.41, 5.74) is 1.41. The SMILES string of the molecule is Cc1nc(N[C-]=O)nc2c1ncn2C1OC(C(=O)O)C2OC(C)(C)OC21.[Rb+]. The standard InChI is InChI=1S/C15H16N5O6.Rb/c1-6-7-11(19-14(18-6)17-5-21)20(4-16-7)12-9-8(10(24-12)13(22)23)25-15(2,3)26-9;/h4,8-10,12H,1-3H3,(H,22,23)(H,17,18,19,21);/q-1;+1. The molecule has 0 aliphatic carbocycles. The number of carbonyl (C=O) groups is 1. The van der Waals surface area contributed by atoms with Gasteiger partial charge in [0.05, 0.1) is 18.7 Å². The summed E-state index contributed by atoms with van der Waals surface area (Å²) in [7, 11) is 0. The van der Waals surface area contributed by atoms with E-state index in [1.165, 1.54) is 12.7 Å². The van der Waals surface area contributed by atoms with Crippen molar-refractivity contribution in [2.45, 2.75) is 51.1 Å². The molecule has 0 radical (unpaired) electrons. The number of amides is 1. The number of carbonyl (C=O) groups excluding carboxylic acids is 1. The molecule has 27 heavy (non-hydrogen) atoms. The van der Waals surface area contributed by atoms with Crippen molar-refractivity contribution in [1.82, 2.24) is 19.5 Å². The Hall–Kier alpha value is -0.825. The van der Waals surface area contributed by atoms with E-state index in [0.29, 0.717) is 16.9 Å². The Morgan fingerprint density at radius 2 is 2.04 bits per heavy atom. The smallest absolute Gasteiger partial charge is 0.479 e. The predicted octanol–water partition coefficient (Wildman–Crippen LogP) is -2.88. The maximum atomic E-state index is 11.6. The summed E-state index contributed by atoms with van der Waals surface area (Å²) in [6.45, 7) is 5.14. The fourth-order valence-electron chi connectivity index (χ4n) is 3.34. The minimum Gasteiger partial charge on any atom is -0.479 e. The van der Waals surface area contributed by atoms with E-state index in [-0.39, 0.29) is 64.1 Å². The van der Waals surface area contributed by atoms with Crippen LogP contribution >= 0.6 is 0 Å². The molecular formula is C15H16N5O6Rb. The molecule has 2 aliphatic heterocycles. The number of fused-ring (bicyclic) bond motifs is 2. The predicted molar refractivity (Wildman–Crippen MR) is 84.7 cm³/mol. The van der Waals surface area contributed by atoms with Crippen LogP contribution in [-0.2, 0) is 23.8 Å². The number of ether oxygens (including phenoxy) is 3. The van der Waals surface area contributed by atoms with Crippen LogP contribution in [0.1, 0.15) is 25.8 Å². The molecule has 0 aromatic carbocycles. The molecule has 1 amide bonds. The number of aryl methyl sites for hydroxylation is 1. The van der Waals surface area contributed by atoms with Crippen LogP contribution in [0.3, 0.4) is 0 Å². The molecule has 0 saturated carbocycles. The molecule has 4 rings (SSSR count). The number of imidazole rings is 1. The normalized spacial score (nSPS) is 28.6. The third kappa shape index (κ3) is 3.61. The number of aliphatic carboxylic acids is 1. The van der Waals surface area contributed by atoms with Gasteiger partial charge in [0.2, 0.25) is 0 Å². The number of carboxylic acids is 1. The third-order valence-corrected chi connectivity index (χ3v) is 4.31. The van der Waals surface area contributed by atoms with Crippen molar-refractivity contribution in [2.75, 3.05) is 5.32 Å². The minimum absolute atomic E-state index is 0. The number of hydrogen-bond donors (Lipinski definition) is 2. The van der Waals surface area contributed by atoms with Crippen LogP contribution < -0.4 is 63.5 Å². The van der Waals surface area contributed by atoms with Crippen molar-refractivity contribution in [2.24, 2.45) is 0 Å². The molecule has 12 heteroatoms. The van der Waals surface area contributed by atoms with Gasteiger partial charge in [0.15, 0.2) is 18.1 Å². The van der Waals surface area contributed by atoms with Crippen molar-refractivity contribution >= 4 is 29.5 Å². The van der Waals surface area contributed by atoms with E-state index < -0.39 is 36.3 Å². The second-order valence-electron chi connectivity index (χ2n) is 6.53. The summed E-state index contributed by atoms with van der Waals surface area (Å²) in [6.07, 6.45) is -0.434. The molecule has 2 N–H and O–H groups in total. The maximum absolute atomic E-state index is 11.6. The van der Waals surface area contributed by atoms with Gasteiger partial charge in [0, 0.05) is 5.69 Å². The average molecular weight is 448 g/mol. The van der Waals surface area contributed by atoms with Gasteiger partial charge in [-0.1, -0.05) is 0 Å². The van der Waals surface area contributed by atoms with Crippen LogP contribution in [0.2, 0.25) is 0 Å². The zero-order valence-corrected chi connectivity index (χ0v) is 20.1. The molecule has 4 unspecified atom stereocenters. The molecule has 2 aromatic heterocycles. The van der Waals surface area contributed by atoms with Gasteiger partial charge >= 0.3 is 64.2 Å². The van der Waals surface area contributed by atoms with E-state index >= 15 is 0 Å². The Morgan fingerprint density at radius 3 is 2.70 bits per heavy atom. The Labute approximate surface area is 202 Å². The van der Waals surface area contributed by atoms with Gasteiger partial charge in [-0.3, -0.25) is 9.55 Å². The Morgan fingerprint density at radius 1 is 1.33 bits per heavy atom. The van der Waals surface area contributed by atoms with E-state index in [9.17, 15) is 14.7 Å². The van der Waals surface area contributed by atoms with Crippen LogP contribution in [0.4, 0.5) is 5.95 Å². The Kier molecular flexibility index (Phi) is 5.84. The van der Waals surface area contributed by atoms with Gasteiger partial charge in [-0.15, -0.1) is 0 Å². The molecule has 2 aliphatic rings. The monoisotopic (exact) mass is 447 g/mol. The number of nitrogens with zero attached hydrogens (tertiary/aromatic N) is 4. The number of hydrogen-bond acceptors (Lipinski definition) is 8. The fourth-order valence-corrected chi connectivity index (χ4v) is 3.34. The summed E-state index contributed by atoms with van der Waals surface area (Å²) >= 11 is 0. The Bertz CT molecular complexity index is 902. The first-order valence-electron chi connectivity index (χ1n) is 7.89. The molecule has 4 heterocycles. The fraction of sp³-hybridized carbons (Fsp3) is 0.533. The maximum Gasteiger partial charge on any atom is 1.00 e. The van der Waals surface area contributed by atoms with Crippen LogP contribution in [0.5, 0.6) is 0 Å². The molecule has 2 aromatic rings. The number of aromatic nitrogens is 4. The summed E-state index contributed by atoms with van der Waals surface area (Å²) in [5.74, 6) is -2.03. The van der Waals surface area contributed by atoms with Crippen LogP contribution in [-0.4, -0.2) is 61.1 Å². The molecule has 138 valence electrons. The summed E-state index contributed by atoms with van der Waals surface area (Å²) in [6, 6.07) is 0. The zero-order chi connectivity index (χ0) is 18.6. The van der Waals surface area contributed by atoms with E-state index in [1.54, 1.807) is 25.3 Å². The van der Waals surface area contributed by atoms with Crippen molar-refractivity contribution in [1.29, 1.82) is 0 Å². The van der Waals surface area contributed by atoms with E-state index in [1.807, 2.05) is 0 Å². The molecule has 2 fully saturated rings. The van der Waals surface area contributed by atoms with Gasteiger partial charge in [0.1, 0.15) is 23.4 Å². The number of rotatable bonds is 4. The largest absolute Gasteiger partial charge is 1.00 e. The van der Waals surface area contributed by atoms with Crippen LogP contribution in [0.25, 0.3) is 11.2 Å². The van der Waals surface area contributed by atoms with Gasteiger partial charge in [-0.25, -0.2) is 9.78 Å². The first kappa shape index (κ1) is 20.9. The minimum atomic E-state index is -1.19. The van der Waals surface area contributed by atoms with E-state index in [0.717, 1.165) is 0 Å². The third-order valence-electron chi connectivity index (χ3n) is 4.31. The first-order chi connectivity index (χ1) is 12.3. The topological polar surface area (TPSA) is 138 Å². The summed E-state index contributed by atoms with van der Waals surface area (Å²) in [5, 5.41) is 11.7. The van der Waals surface area contributed by atoms with Gasteiger partial charge in [-0.2, -0.15) is 0 Å². The van der Waals surface area contributed by atoms with Crippen LogP contribution in [0, 0.1) is 6.92 Å². The molecule has 4 atom stereocenters. The van der Waals surface area contributed by atoms with Crippen molar-refractivity contribution in [3.05, 3.63) is 12.0 Å². The van der Waals surface area contributed by atoms with E-state index in [4.69, 9.17) is 14.2 Å². The zero-order valence-electron chi connectivity index (χ0n) is 15.2. The van der Waals surface area contributed by atoms with Crippen molar-refractivity contribution < 1.29 is 87.1 Å². The van der Waals surface area contributed by atoms with Crippen LogP contribution in [0.15, 0.2) is 6.33 Å². The van der Waals surface area contributed by atoms with Gasteiger partial charge in [-0.05, 0) is 20.8 Å². The second kappa shape index (κ2) is 7.54. The summed E-state index contributed by atoms with van der Waals surface area (Å²) in [4.78, 5) is 34.8. The van der Waals surface area contributed by atoms with Gasteiger partial charge < -0.3 is 34.4 Å². The number of anilines is 1. The molecule has 11 nitrogen and oxygen atoms in total. The number of carboxylic acid groups (broad SMARTS) is 1. The molecule has 0 bridgehead atoms. The Balaban J connectivity index is 0.00000210. The second-order valence-corrected chi connectivity index (χ2v) is 6.53. The molecular weight excluding hydrogens is 432 g/mol. The molecule has 0 spiro atoms. The van der Waals surface area contributed by atoms with Crippen molar-refractivity contribution in [3.63, 3.8) is 0 Å². The van der Waals surface area contributed by atoms with E-state index in [2.05, 4.69) is 20.3 Å². The first-order valence-corrected chi connectivity index (χ1v) is 7.89. The quantitative estimate of drug-likeness (QED) is 0.374. The van der Waals surface area contributed by atoms with Gasteiger partial charge in [0.25, 0.3) is 0 Å². The molecule has 2 saturated heterocycles. The summed E-state index contributed by atoms with van der Waals surface area (Å²) < 4.78 is 18.8. The average Bonchev–Trinajstić information content (AvgIpc) is 3.18. The number of nitrogens with one attached hydrogen (secondary N) is 1. The van der Waals surface area contributed by atoms with Crippen molar-refractivity contribution in [3.8, 4) is 0 Å².